The molecule has 2 saturated carbocycles. The van der Waals surface area contributed by atoms with Crippen molar-refractivity contribution < 1.29 is 38.1 Å². The minimum Gasteiger partial charge on any atom is -0.497 e. The number of fused-ring (bicyclic) bond motifs is 1. The van der Waals surface area contributed by atoms with E-state index in [9.17, 15) is 23.8 Å². The Bertz CT molecular complexity index is 1920. The summed E-state index contributed by atoms with van der Waals surface area (Å²) in [6, 6.07) is 13.6. The molecule has 0 bridgehead atoms. The van der Waals surface area contributed by atoms with E-state index in [4.69, 9.17) is 25.8 Å². The van der Waals surface area contributed by atoms with E-state index in [1.807, 2.05) is 26.8 Å². The molecule has 14 heteroatoms. The highest BCUT2D eigenvalue weighted by Crippen LogP contribution is 2.70. The second-order valence-electron chi connectivity index (χ2n) is 15.4. The van der Waals surface area contributed by atoms with E-state index in [0.717, 1.165) is 25.7 Å². The van der Waals surface area contributed by atoms with Crippen LogP contribution in [-0.2, 0) is 25.1 Å². The topological polar surface area (TPSA) is 156 Å². The van der Waals surface area contributed by atoms with Gasteiger partial charge in [-0.3, -0.25) is 14.2 Å². The summed E-state index contributed by atoms with van der Waals surface area (Å²) in [4.78, 5) is 59.5. The first-order valence-corrected chi connectivity index (χ1v) is 20.3. The molecule has 6 atom stereocenters. The fourth-order valence-corrected chi connectivity index (χ4v) is 10.1. The third-order valence-electron chi connectivity index (χ3n) is 10.5. The lowest BCUT2D eigenvalue weighted by Crippen LogP contribution is -2.58. The van der Waals surface area contributed by atoms with Crippen LogP contribution in [0.4, 0.5) is 4.79 Å². The Hall–Kier alpha value is -4.12. The number of hydrogen-bond donors (Lipinski definition) is 3. The SMILES string of the molecule is C=C[C@@H]1C[C@]1(NC(=O)[C@@H]1C[C@@H](Oc2cc(Cl)nc3cc(OC)ccc23)CN1C(=O)C(NC(=O)OC1CCCC1)C(C)(C)C)P(=O)(O)Cc1ccccc1. The molecular formula is C39H48ClN4O8P. The van der Waals surface area contributed by atoms with Crippen molar-refractivity contribution in [1.82, 2.24) is 20.5 Å². The van der Waals surface area contributed by atoms with Crippen LogP contribution in [0.25, 0.3) is 10.9 Å². The van der Waals surface area contributed by atoms with Crippen LogP contribution in [0.1, 0.15) is 64.9 Å². The third-order valence-corrected chi connectivity index (χ3v) is 13.4. The number of nitrogens with zero attached hydrogens (tertiary/aromatic N) is 2. The van der Waals surface area contributed by atoms with Crippen molar-refractivity contribution in [3.8, 4) is 11.5 Å². The highest BCUT2D eigenvalue weighted by atomic mass is 35.5. The minimum atomic E-state index is -4.05. The van der Waals surface area contributed by atoms with Gasteiger partial charge in [0.15, 0.2) is 0 Å². The first kappa shape index (κ1) is 38.6. The molecule has 6 rings (SSSR count). The first-order valence-electron chi connectivity index (χ1n) is 18.0. The van der Waals surface area contributed by atoms with Gasteiger partial charge in [-0.2, -0.15) is 0 Å². The Morgan fingerprint density at radius 3 is 2.49 bits per heavy atom. The van der Waals surface area contributed by atoms with Gasteiger partial charge in [0.05, 0.1) is 25.3 Å². The lowest BCUT2D eigenvalue weighted by atomic mass is 9.85. The maximum Gasteiger partial charge on any atom is 0.408 e. The summed E-state index contributed by atoms with van der Waals surface area (Å²) >= 11 is 6.40. The molecule has 3 aliphatic rings. The molecule has 3 N–H and O–H groups in total. The van der Waals surface area contributed by atoms with E-state index >= 15 is 0 Å². The van der Waals surface area contributed by atoms with Crippen molar-refractivity contribution in [2.45, 2.75) is 95.0 Å². The van der Waals surface area contributed by atoms with E-state index in [1.54, 1.807) is 61.7 Å². The zero-order chi connectivity index (χ0) is 38.1. The number of hydrogen-bond acceptors (Lipinski definition) is 8. The summed E-state index contributed by atoms with van der Waals surface area (Å²) in [5.74, 6) is -0.559. The number of rotatable bonds is 12. The van der Waals surface area contributed by atoms with Crippen LogP contribution in [0.5, 0.6) is 11.5 Å². The van der Waals surface area contributed by atoms with E-state index < -0.39 is 60.1 Å². The normalized spacial score (nSPS) is 24.6. The molecule has 0 radical (unpaired) electrons. The lowest BCUT2D eigenvalue weighted by molar-refractivity contribution is -0.142. The Balaban J connectivity index is 1.30. The summed E-state index contributed by atoms with van der Waals surface area (Å²) in [6.45, 7) is 9.31. The Morgan fingerprint density at radius 1 is 1.13 bits per heavy atom. The summed E-state index contributed by atoms with van der Waals surface area (Å²) in [5, 5.41) is 5.11. The Labute approximate surface area is 315 Å². The van der Waals surface area contributed by atoms with E-state index in [1.165, 1.54) is 4.90 Å². The highest BCUT2D eigenvalue weighted by molar-refractivity contribution is 7.59. The molecule has 12 nitrogen and oxygen atoms in total. The number of alkyl carbamates (subject to hydrolysis) is 1. The monoisotopic (exact) mass is 766 g/mol. The largest absolute Gasteiger partial charge is 0.497 e. The first-order chi connectivity index (χ1) is 25.1. The van der Waals surface area contributed by atoms with Crippen LogP contribution in [0.2, 0.25) is 5.15 Å². The van der Waals surface area contributed by atoms with E-state index in [-0.39, 0.29) is 36.8 Å². The Morgan fingerprint density at radius 2 is 1.85 bits per heavy atom. The molecule has 0 spiro atoms. The van der Waals surface area contributed by atoms with Crippen LogP contribution in [-0.4, -0.2) is 75.9 Å². The minimum absolute atomic E-state index is 0.0148. The number of methoxy groups -OCH3 is 1. The zero-order valence-electron chi connectivity index (χ0n) is 30.5. The summed E-state index contributed by atoms with van der Waals surface area (Å²) < 4.78 is 31.6. The predicted molar refractivity (Wildman–Crippen MR) is 202 cm³/mol. The quantitative estimate of drug-likeness (QED) is 0.102. The van der Waals surface area contributed by atoms with Crippen LogP contribution in [0.3, 0.4) is 0 Å². The predicted octanol–water partition coefficient (Wildman–Crippen LogP) is 6.82. The second-order valence-corrected chi connectivity index (χ2v) is 18.3. The number of benzene rings is 2. The van der Waals surface area contributed by atoms with Crippen LogP contribution in [0, 0.1) is 11.3 Å². The molecule has 53 heavy (non-hydrogen) atoms. The molecule has 1 saturated heterocycles. The van der Waals surface area contributed by atoms with Gasteiger partial charge in [0, 0.05) is 29.9 Å². The number of pyridine rings is 1. The number of carbonyl (C=O) groups excluding carboxylic acids is 3. The van der Waals surface area contributed by atoms with Crippen molar-refractivity contribution in [2.24, 2.45) is 11.3 Å². The van der Waals surface area contributed by atoms with Crippen molar-refractivity contribution in [3.05, 3.63) is 78.0 Å². The fraction of sp³-hybridized carbons (Fsp3) is 0.487. The summed E-state index contributed by atoms with van der Waals surface area (Å²) in [5.41, 5.74) is 0.423. The number of likely N-dealkylation sites (tertiary alicyclic amines) is 1. The smallest absolute Gasteiger partial charge is 0.408 e. The van der Waals surface area contributed by atoms with Gasteiger partial charge in [0.1, 0.15) is 46.2 Å². The summed E-state index contributed by atoms with van der Waals surface area (Å²) in [7, 11) is -2.50. The lowest BCUT2D eigenvalue weighted by Gasteiger charge is -2.36. The number of carbonyl (C=O) groups is 3. The van der Waals surface area contributed by atoms with Crippen molar-refractivity contribution in [3.63, 3.8) is 0 Å². The number of ether oxygens (including phenoxy) is 3. The molecule has 2 heterocycles. The molecule has 3 fully saturated rings. The molecule has 1 aromatic heterocycles. The van der Waals surface area contributed by atoms with E-state index in [2.05, 4.69) is 22.2 Å². The standard InChI is InChI=1S/C39H48ClN4O8P/c1-6-25-21-39(25,53(48,49)23-24-12-8-7-9-13-24)43-35(45)31-19-28(51-32-20-33(40)41-30-18-27(50-5)16-17-29(30)32)22-44(31)36(46)34(38(2,3)4)42-37(47)52-26-14-10-11-15-26/h6-9,12-13,16-18,20,25-26,28,31,34H,1,10-11,14-15,19,21-23H2,2-5H3,(H,42,47)(H,43,45)(H,48,49)/t25-,28-,31+,34?,39+/m1/s1. The summed E-state index contributed by atoms with van der Waals surface area (Å²) in [6.07, 6.45) is 3.60. The average Bonchev–Trinajstić information content (AvgIpc) is 3.37. The molecule has 3 amide bonds. The molecule has 2 unspecified atom stereocenters. The molecular weight excluding hydrogens is 719 g/mol. The van der Waals surface area contributed by atoms with Gasteiger partial charge in [-0.1, -0.05) is 68.8 Å². The van der Waals surface area contributed by atoms with Crippen LogP contribution < -0.4 is 20.1 Å². The maximum absolute atomic E-state index is 14.6. The third kappa shape index (κ3) is 8.35. The number of nitrogens with one attached hydrogen (secondary N) is 2. The van der Waals surface area contributed by atoms with Crippen molar-refractivity contribution in [2.75, 3.05) is 13.7 Å². The van der Waals surface area contributed by atoms with Gasteiger partial charge in [-0.25, -0.2) is 9.78 Å². The van der Waals surface area contributed by atoms with E-state index in [0.29, 0.717) is 28.0 Å². The van der Waals surface area contributed by atoms with Gasteiger partial charge in [-0.15, -0.1) is 6.58 Å². The molecule has 2 aliphatic carbocycles. The number of amides is 3. The molecule has 2 aromatic carbocycles. The van der Waals surface area contributed by atoms with Crippen LogP contribution in [0.15, 0.2) is 67.3 Å². The van der Waals surface area contributed by atoms with Crippen LogP contribution >= 0.6 is 19.0 Å². The Kier molecular flexibility index (Phi) is 11.2. The van der Waals surface area contributed by atoms with Gasteiger partial charge >= 0.3 is 6.09 Å². The average molecular weight is 767 g/mol. The van der Waals surface area contributed by atoms with Gasteiger partial charge < -0.3 is 34.6 Å². The fourth-order valence-electron chi connectivity index (χ4n) is 7.50. The van der Waals surface area contributed by atoms with Gasteiger partial charge in [0.25, 0.3) is 0 Å². The molecule has 284 valence electrons. The maximum atomic E-state index is 14.6. The van der Waals surface area contributed by atoms with Gasteiger partial charge in [0.2, 0.25) is 19.2 Å². The second kappa shape index (κ2) is 15.3. The van der Waals surface area contributed by atoms with Gasteiger partial charge in [-0.05, 0) is 55.2 Å². The molecule has 3 aromatic rings. The number of aromatic nitrogens is 1. The molecule has 1 aliphatic heterocycles. The zero-order valence-corrected chi connectivity index (χ0v) is 32.2. The highest BCUT2D eigenvalue weighted by Gasteiger charge is 2.65. The van der Waals surface area contributed by atoms with Crippen molar-refractivity contribution in [1.29, 1.82) is 0 Å². The van der Waals surface area contributed by atoms with Crippen molar-refractivity contribution >= 4 is 47.8 Å². The number of halogens is 1.